The van der Waals surface area contributed by atoms with Crippen molar-refractivity contribution in [3.8, 4) is 0 Å². The summed E-state index contributed by atoms with van der Waals surface area (Å²) in [6, 6.07) is 15.9. The second kappa shape index (κ2) is 9.45. The van der Waals surface area contributed by atoms with Crippen molar-refractivity contribution in [2.45, 2.75) is 22.7 Å². The first kappa shape index (κ1) is 20.0. The standard InChI is InChI=1S/C18H16Cl2N8Se/c19-15-5-1-13(2-6-15)17(9-27-11-21-23-25-27)29-18(10-28-12-22-24-26-28)14-3-7-16(20)8-4-14/h1-8,11-12,17-18H,9-10H2. The molecule has 11 heteroatoms. The molecule has 0 aliphatic heterocycles. The van der Waals surface area contributed by atoms with Crippen molar-refractivity contribution in [1.82, 2.24) is 40.4 Å². The fraction of sp³-hybridized carbons (Fsp3) is 0.222. The average Bonchev–Trinajstić information content (AvgIpc) is 3.42. The summed E-state index contributed by atoms with van der Waals surface area (Å²) in [7, 11) is 0. The van der Waals surface area contributed by atoms with Gasteiger partial charge in [-0.1, -0.05) is 0 Å². The summed E-state index contributed by atoms with van der Waals surface area (Å²) < 4.78 is 3.52. The van der Waals surface area contributed by atoms with Crippen molar-refractivity contribution in [2.24, 2.45) is 0 Å². The number of hydrogen-bond acceptors (Lipinski definition) is 6. The van der Waals surface area contributed by atoms with Crippen LogP contribution in [0.3, 0.4) is 0 Å². The molecule has 0 fully saturated rings. The van der Waals surface area contributed by atoms with Gasteiger partial charge in [0.25, 0.3) is 0 Å². The maximum atomic E-state index is 6.10. The third-order valence-electron chi connectivity index (χ3n) is 4.30. The van der Waals surface area contributed by atoms with Gasteiger partial charge in [-0.2, -0.15) is 0 Å². The second-order valence-corrected chi connectivity index (χ2v) is 10.1. The molecule has 4 rings (SSSR count). The molecule has 0 aliphatic carbocycles. The van der Waals surface area contributed by atoms with Gasteiger partial charge < -0.3 is 0 Å². The van der Waals surface area contributed by atoms with E-state index in [1.165, 1.54) is 11.1 Å². The molecule has 148 valence electrons. The number of tetrazole rings is 2. The van der Waals surface area contributed by atoms with Crippen LogP contribution in [-0.4, -0.2) is 55.4 Å². The topological polar surface area (TPSA) is 87.2 Å². The van der Waals surface area contributed by atoms with Crippen molar-refractivity contribution in [3.63, 3.8) is 0 Å². The molecule has 0 aliphatic rings. The van der Waals surface area contributed by atoms with E-state index < -0.39 is 0 Å². The van der Waals surface area contributed by atoms with Gasteiger partial charge in [-0.3, -0.25) is 0 Å². The van der Waals surface area contributed by atoms with Crippen molar-refractivity contribution in [2.75, 3.05) is 0 Å². The van der Waals surface area contributed by atoms with Gasteiger partial charge in [0.05, 0.1) is 0 Å². The van der Waals surface area contributed by atoms with Crippen molar-refractivity contribution >= 4 is 38.2 Å². The summed E-state index contributed by atoms with van der Waals surface area (Å²) in [6.45, 7) is 1.35. The Hall–Kier alpha value is -2.32. The van der Waals surface area contributed by atoms with Crippen molar-refractivity contribution < 1.29 is 0 Å². The zero-order valence-electron chi connectivity index (χ0n) is 15.1. The van der Waals surface area contributed by atoms with E-state index in [4.69, 9.17) is 23.2 Å². The number of halogens is 2. The Balaban J connectivity index is 1.64. The van der Waals surface area contributed by atoms with Gasteiger partial charge in [-0.15, -0.1) is 0 Å². The normalized spacial score (nSPS) is 13.3. The molecule has 0 spiro atoms. The first-order valence-corrected chi connectivity index (χ1v) is 11.5. The van der Waals surface area contributed by atoms with Gasteiger partial charge in [-0.25, -0.2) is 0 Å². The van der Waals surface area contributed by atoms with Crippen LogP contribution in [-0.2, 0) is 13.1 Å². The van der Waals surface area contributed by atoms with E-state index in [0.29, 0.717) is 23.1 Å². The molecule has 0 bridgehead atoms. The first-order chi connectivity index (χ1) is 14.2. The summed E-state index contributed by atoms with van der Waals surface area (Å²) in [5.41, 5.74) is 2.39. The predicted molar refractivity (Wildman–Crippen MR) is 110 cm³/mol. The molecule has 2 aromatic carbocycles. The van der Waals surface area contributed by atoms with Crippen LogP contribution < -0.4 is 0 Å². The van der Waals surface area contributed by atoms with E-state index in [2.05, 4.69) is 55.3 Å². The fourth-order valence-electron chi connectivity index (χ4n) is 2.87. The minimum atomic E-state index is 0.125. The van der Waals surface area contributed by atoms with E-state index in [1.807, 2.05) is 24.3 Å². The van der Waals surface area contributed by atoms with E-state index in [-0.39, 0.29) is 24.6 Å². The molecule has 0 saturated heterocycles. The predicted octanol–water partition coefficient (Wildman–Crippen LogP) is 2.85. The monoisotopic (exact) mass is 494 g/mol. The summed E-state index contributed by atoms with van der Waals surface area (Å²) in [5, 5.41) is 24.6. The number of benzene rings is 2. The van der Waals surface area contributed by atoms with Crippen molar-refractivity contribution in [1.29, 1.82) is 0 Å². The van der Waals surface area contributed by atoms with Crippen LogP contribution in [0.15, 0.2) is 61.2 Å². The van der Waals surface area contributed by atoms with Crippen LogP contribution in [0.5, 0.6) is 0 Å². The molecule has 2 aromatic heterocycles. The molecule has 2 unspecified atom stereocenters. The Morgan fingerprint density at radius 3 is 1.45 bits per heavy atom. The average molecular weight is 494 g/mol. The molecular weight excluding hydrogens is 478 g/mol. The fourth-order valence-corrected chi connectivity index (χ4v) is 6.28. The van der Waals surface area contributed by atoms with E-state index in [9.17, 15) is 0 Å². The molecule has 0 radical (unpaired) electrons. The van der Waals surface area contributed by atoms with Gasteiger partial charge in [0.2, 0.25) is 0 Å². The van der Waals surface area contributed by atoms with Crippen LogP contribution in [0.25, 0.3) is 0 Å². The van der Waals surface area contributed by atoms with Crippen LogP contribution in [0.4, 0.5) is 0 Å². The van der Waals surface area contributed by atoms with Gasteiger partial charge in [0.1, 0.15) is 0 Å². The molecule has 0 amide bonds. The van der Waals surface area contributed by atoms with Crippen LogP contribution >= 0.6 is 23.2 Å². The molecule has 29 heavy (non-hydrogen) atoms. The van der Waals surface area contributed by atoms with Gasteiger partial charge in [-0.05, 0) is 0 Å². The van der Waals surface area contributed by atoms with Crippen molar-refractivity contribution in [3.05, 3.63) is 82.4 Å². The summed E-state index contributed by atoms with van der Waals surface area (Å²) >= 11 is 12.3. The Morgan fingerprint density at radius 2 is 1.10 bits per heavy atom. The molecule has 2 heterocycles. The van der Waals surface area contributed by atoms with E-state index in [0.717, 1.165) is 0 Å². The van der Waals surface area contributed by atoms with Crippen LogP contribution in [0.2, 0.25) is 10.0 Å². The molecule has 4 aromatic rings. The van der Waals surface area contributed by atoms with E-state index in [1.54, 1.807) is 22.0 Å². The Labute approximate surface area is 183 Å². The summed E-state index contributed by atoms with van der Waals surface area (Å²) in [4.78, 5) is 0.445. The molecule has 0 saturated carbocycles. The third-order valence-corrected chi connectivity index (χ3v) is 7.95. The van der Waals surface area contributed by atoms with Gasteiger partial charge in [0, 0.05) is 0 Å². The van der Waals surface area contributed by atoms with E-state index >= 15 is 0 Å². The quantitative estimate of drug-likeness (QED) is 0.351. The number of hydrogen-bond donors (Lipinski definition) is 0. The number of aromatic nitrogens is 8. The number of rotatable bonds is 8. The molecule has 0 N–H and O–H groups in total. The first-order valence-electron chi connectivity index (χ1n) is 8.75. The zero-order valence-corrected chi connectivity index (χ0v) is 18.3. The van der Waals surface area contributed by atoms with Crippen LogP contribution in [0, 0.1) is 0 Å². The zero-order chi connectivity index (χ0) is 20.1. The second-order valence-electron chi connectivity index (χ2n) is 6.28. The maximum absolute atomic E-state index is 6.10. The summed E-state index contributed by atoms with van der Waals surface area (Å²) in [5.74, 6) is 0. The Kier molecular flexibility index (Phi) is 6.51. The Morgan fingerprint density at radius 1 is 0.690 bits per heavy atom. The van der Waals surface area contributed by atoms with Gasteiger partial charge in [0.15, 0.2) is 0 Å². The minimum absolute atomic E-state index is 0.125. The SMILES string of the molecule is Clc1ccc(C(Cn2cnnn2)[Se]C(Cn2cnnn2)c2ccc(Cl)cc2)cc1. The number of nitrogens with zero attached hydrogens (tertiary/aromatic N) is 8. The molecule has 2 atom stereocenters. The molecule has 8 nitrogen and oxygen atoms in total. The third kappa shape index (κ3) is 5.39. The Bertz CT molecular complexity index is 923. The van der Waals surface area contributed by atoms with Crippen LogP contribution in [0.1, 0.15) is 20.8 Å². The van der Waals surface area contributed by atoms with Gasteiger partial charge >= 0.3 is 184 Å². The summed E-state index contributed by atoms with van der Waals surface area (Å²) in [6.07, 6.45) is 3.27. The molecular formula is C18H16Cl2N8Se.